The van der Waals surface area contributed by atoms with Gasteiger partial charge in [-0.25, -0.2) is 0 Å². The van der Waals surface area contributed by atoms with Gasteiger partial charge in [-0.3, -0.25) is 4.68 Å². The van der Waals surface area contributed by atoms with E-state index in [4.69, 9.17) is 4.74 Å². The molecule has 1 heterocycles. The van der Waals surface area contributed by atoms with Gasteiger partial charge in [-0.15, -0.1) is 0 Å². The van der Waals surface area contributed by atoms with Crippen molar-refractivity contribution in [2.75, 3.05) is 20.8 Å². The second kappa shape index (κ2) is 7.26. The summed E-state index contributed by atoms with van der Waals surface area (Å²) in [4.78, 5) is 0. The van der Waals surface area contributed by atoms with Gasteiger partial charge in [0.05, 0.1) is 22.4 Å². The number of ether oxygens (including phenoxy) is 1. The lowest BCUT2D eigenvalue weighted by Gasteiger charge is -2.23. The Labute approximate surface area is 118 Å². The van der Waals surface area contributed by atoms with Gasteiger partial charge < -0.3 is 10.1 Å². The molecule has 0 amide bonds. The monoisotopic (exact) mass is 317 g/mol. The quantitative estimate of drug-likeness (QED) is 0.839. The van der Waals surface area contributed by atoms with Crippen molar-refractivity contribution in [2.24, 2.45) is 5.92 Å². The highest BCUT2D eigenvalue weighted by molar-refractivity contribution is 9.10. The zero-order chi connectivity index (χ0) is 13.7. The molecule has 0 radical (unpaired) electrons. The van der Waals surface area contributed by atoms with E-state index in [2.05, 4.69) is 51.8 Å². The van der Waals surface area contributed by atoms with Crippen LogP contribution in [0.1, 0.15) is 45.0 Å². The van der Waals surface area contributed by atoms with E-state index in [9.17, 15) is 0 Å². The predicted molar refractivity (Wildman–Crippen MR) is 77.8 cm³/mol. The van der Waals surface area contributed by atoms with Crippen LogP contribution in [0.25, 0.3) is 0 Å². The van der Waals surface area contributed by atoms with Crippen LogP contribution >= 0.6 is 15.9 Å². The summed E-state index contributed by atoms with van der Waals surface area (Å²) < 4.78 is 8.36. The molecule has 1 N–H and O–H groups in total. The van der Waals surface area contributed by atoms with Crippen LogP contribution < -0.4 is 5.32 Å². The third-order valence-corrected chi connectivity index (χ3v) is 3.65. The number of hydrogen-bond acceptors (Lipinski definition) is 3. The van der Waals surface area contributed by atoms with Crippen molar-refractivity contribution >= 4 is 15.9 Å². The van der Waals surface area contributed by atoms with Crippen LogP contribution in [-0.2, 0) is 4.74 Å². The predicted octanol–water partition coefficient (Wildman–Crippen LogP) is 3.16. The van der Waals surface area contributed by atoms with Crippen LogP contribution in [0.3, 0.4) is 0 Å². The maximum absolute atomic E-state index is 5.21. The van der Waals surface area contributed by atoms with Crippen molar-refractivity contribution in [3.8, 4) is 0 Å². The topological polar surface area (TPSA) is 39.1 Å². The number of hydrogen-bond donors (Lipinski definition) is 1. The first-order chi connectivity index (χ1) is 8.51. The van der Waals surface area contributed by atoms with Crippen molar-refractivity contribution < 1.29 is 4.74 Å². The lowest BCUT2D eigenvalue weighted by atomic mass is 10.00. The zero-order valence-electron chi connectivity index (χ0n) is 11.9. The molecule has 0 saturated carbocycles. The minimum atomic E-state index is 0.287. The molecule has 18 heavy (non-hydrogen) atoms. The smallest absolute Gasteiger partial charge is 0.0698 e. The molecule has 4 nitrogen and oxygen atoms in total. The van der Waals surface area contributed by atoms with Crippen LogP contribution in [0.5, 0.6) is 0 Å². The summed E-state index contributed by atoms with van der Waals surface area (Å²) in [6.45, 7) is 7.28. The number of methoxy groups -OCH3 is 1. The summed E-state index contributed by atoms with van der Waals surface area (Å²) in [5.74, 6) is 0.509. The average Bonchev–Trinajstić information content (AvgIpc) is 2.68. The fourth-order valence-electron chi connectivity index (χ4n) is 2.21. The van der Waals surface area contributed by atoms with Gasteiger partial charge in [-0.2, -0.15) is 5.10 Å². The van der Waals surface area contributed by atoms with E-state index >= 15 is 0 Å². The van der Waals surface area contributed by atoms with Gasteiger partial charge in [0.1, 0.15) is 0 Å². The van der Waals surface area contributed by atoms with Crippen LogP contribution in [0, 0.1) is 5.92 Å². The summed E-state index contributed by atoms with van der Waals surface area (Å²) in [5.41, 5.74) is 1.22. The van der Waals surface area contributed by atoms with Crippen molar-refractivity contribution in [1.29, 1.82) is 0 Å². The molecule has 2 unspecified atom stereocenters. The van der Waals surface area contributed by atoms with Crippen LogP contribution in [0.4, 0.5) is 0 Å². The Morgan fingerprint density at radius 3 is 2.61 bits per heavy atom. The van der Waals surface area contributed by atoms with Crippen LogP contribution in [-0.4, -0.2) is 30.5 Å². The molecule has 0 fully saturated rings. The van der Waals surface area contributed by atoms with E-state index < -0.39 is 0 Å². The molecule has 104 valence electrons. The highest BCUT2D eigenvalue weighted by Gasteiger charge is 2.22. The minimum absolute atomic E-state index is 0.287. The molecule has 0 aliphatic heterocycles. The summed E-state index contributed by atoms with van der Waals surface area (Å²) in [7, 11) is 3.74. The van der Waals surface area contributed by atoms with E-state index in [1.807, 2.05) is 13.2 Å². The maximum Gasteiger partial charge on any atom is 0.0698 e. The van der Waals surface area contributed by atoms with Gasteiger partial charge in [0.2, 0.25) is 0 Å². The van der Waals surface area contributed by atoms with E-state index in [1.54, 1.807) is 7.11 Å². The van der Waals surface area contributed by atoms with Crippen molar-refractivity contribution in [3.63, 3.8) is 0 Å². The summed E-state index contributed by atoms with van der Waals surface area (Å²) in [6, 6.07) is 0.648. The normalized spacial score (nSPS) is 15.1. The van der Waals surface area contributed by atoms with Gasteiger partial charge >= 0.3 is 0 Å². The van der Waals surface area contributed by atoms with Gasteiger partial charge in [0.25, 0.3) is 0 Å². The van der Waals surface area contributed by atoms with Crippen LogP contribution in [0.2, 0.25) is 0 Å². The maximum atomic E-state index is 5.21. The fraction of sp³-hybridized carbons (Fsp3) is 0.769. The third-order valence-electron chi connectivity index (χ3n) is 3.04. The average molecular weight is 318 g/mol. The molecule has 2 atom stereocenters. The Balaban J connectivity index is 2.90. The molecule has 0 aliphatic rings. The standard InChI is InChI=1S/C13H24BrN3O/c1-9(2)17-13(11(14)7-16-17)12(15-4)6-10(3)8-18-5/h7,9-10,12,15H,6,8H2,1-5H3. The number of aromatic nitrogens is 2. The van der Waals surface area contributed by atoms with Crippen molar-refractivity contribution in [3.05, 3.63) is 16.4 Å². The molecule has 1 aromatic rings. The second-order valence-electron chi connectivity index (χ2n) is 5.05. The fourth-order valence-corrected chi connectivity index (χ4v) is 2.76. The van der Waals surface area contributed by atoms with Crippen LogP contribution in [0.15, 0.2) is 10.7 Å². The van der Waals surface area contributed by atoms with Crippen molar-refractivity contribution in [1.82, 2.24) is 15.1 Å². The first-order valence-corrected chi connectivity index (χ1v) is 7.19. The largest absolute Gasteiger partial charge is 0.384 e. The highest BCUT2D eigenvalue weighted by Crippen LogP contribution is 2.29. The molecule has 1 aromatic heterocycles. The Bertz CT molecular complexity index is 365. The first kappa shape index (κ1) is 15.7. The Morgan fingerprint density at radius 2 is 2.11 bits per heavy atom. The summed E-state index contributed by atoms with van der Waals surface area (Å²) in [5, 5.41) is 7.82. The number of rotatable bonds is 7. The molecule has 5 heteroatoms. The van der Waals surface area contributed by atoms with Gasteiger partial charge in [-0.05, 0) is 49.2 Å². The highest BCUT2D eigenvalue weighted by atomic mass is 79.9. The first-order valence-electron chi connectivity index (χ1n) is 6.40. The zero-order valence-corrected chi connectivity index (χ0v) is 13.5. The van der Waals surface area contributed by atoms with E-state index in [0.717, 1.165) is 17.5 Å². The van der Waals surface area contributed by atoms with E-state index in [0.29, 0.717) is 12.0 Å². The summed E-state index contributed by atoms with van der Waals surface area (Å²) >= 11 is 3.60. The molecular formula is C13H24BrN3O. The van der Waals surface area contributed by atoms with Gasteiger partial charge in [0.15, 0.2) is 0 Å². The lowest BCUT2D eigenvalue weighted by molar-refractivity contribution is 0.149. The van der Waals surface area contributed by atoms with E-state index in [1.165, 1.54) is 5.69 Å². The number of nitrogens with one attached hydrogen (secondary N) is 1. The second-order valence-corrected chi connectivity index (χ2v) is 5.91. The third kappa shape index (κ3) is 3.80. The van der Waals surface area contributed by atoms with Crippen molar-refractivity contribution in [2.45, 2.75) is 39.3 Å². The molecule has 0 saturated heterocycles. The number of halogens is 1. The Morgan fingerprint density at radius 1 is 1.44 bits per heavy atom. The Kier molecular flexibility index (Phi) is 6.32. The molecule has 0 aliphatic carbocycles. The van der Waals surface area contributed by atoms with Gasteiger partial charge in [-0.1, -0.05) is 6.92 Å². The Hall–Kier alpha value is -0.390. The molecular weight excluding hydrogens is 294 g/mol. The van der Waals surface area contributed by atoms with Gasteiger partial charge in [0, 0.05) is 19.8 Å². The number of nitrogens with zero attached hydrogens (tertiary/aromatic N) is 2. The molecule has 0 spiro atoms. The minimum Gasteiger partial charge on any atom is -0.384 e. The SMILES string of the molecule is CNC(CC(C)COC)c1c(Br)cnn1C(C)C. The molecule has 0 aromatic carbocycles. The molecule has 1 rings (SSSR count). The van der Waals surface area contributed by atoms with E-state index in [-0.39, 0.29) is 6.04 Å². The lowest BCUT2D eigenvalue weighted by Crippen LogP contribution is -2.24. The molecule has 0 bridgehead atoms. The summed E-state index contributed by atoms with van der Waals surface area (Å²) in [6.07, 6.45) is 2.90.